The van der Waals surface area contributed by atoms with Crippen LogP contribution in [0.25, 0.3) is 0 Å². The Bertz CT molecular complexity index is 244. The Hall–Kier alpha value is -0.570. The number of carbonyl (C=O) groups is 1. The summed E-state index contributed by atoms with van der Waals surface area (Å²) in [5, 5.41) is 3.40. The van der Waals surface area contributed by atoms with E-state index in [-0.39, 0.29) is 0 Å². The van der Waals surface area contributed by atoms with E-state index in [0.717, 1.165) is 5.92 Å². The largest absolute Gasteiger partial charge is 0.323 e. The van der Waals surface area contributed by atoms with Gasteiger partial charge >= 0.3 is 0 Å². The van der Waals surface area contributed by atoms with Crippen LogP contribution in [0.1, 0.15) is 38.5 Å². The van der Waals surface area contributed by atoms with E-state index in [9.17, 15) is 4.79 Å². The minimum absolute atomic E-state index is 0.337. The maximum atomic E-state index is 11.7. The van der Waals surface area contributed by atoms with Gasteiger partial charge in [0.25, 0.3) is 0 Å². The lowest BCUT2D eigenvalue weighted by atomic mass is 10.0. The van der Waals surface area contributed by atoms with Crippen molar-refractivity contribution in [3.63, 3.8) is 0 Å². The Morgan fingerprint density at radius 2 is 1.86 bits per heavy atom. The molecule has 3 aliphatic rings. The zero-order valence-corrected chi connectivity index (χ0v) is 8.54. The molecular formula is C11H18N2O. The van der Waals surface area contributed by atoms with Gasteiger partial charge in [0, 0.05) is 6.04 Å². The molecule has 1 saturated heterocycles. The quantitative estimate of drug-likeness (QED) is 0.714. The van der Waals surface area contributed by atoms with Gasteiger partial charge in [-0.05, 0) is 31.6 Å². The van der Waals surface area contributed by atoms with Gasteiger partial charge in [0.15, 0.2) is 0 Å². The normalized spacial score (nSPS) is 34.4. The second-order valence-electron chi connectivity index (χ2n) is 4.90. The summed E-state index contributed by atoms with van der Waals surface area (Å²) in [6.45, 7) is 0.581. The summed E-state index contributed by atoms with van der Waals surface area (Å²) in [6.07, 6.45) is 8.19. The van der Waals surface area contributed by atoms with Crippen LogP contribution < -0.4 is 5.32 Å². The number of hydrogen-bond acceptors (Lipinski definition) is 2. The molecule has 3 heteroatoms. The number of hydrogen-bond donors (Lipinski definition) is 1. The lowest BCUT2D eigenvalue weighted by Crippen LogP contribution is -2.43. The molecule has 1 heterocycles. The highest BCUT2D eigenvalue weighted by Gasteiger charge is 2.44. The zero-order valence-electron chi connectivity index (χ0n) is 8.54. The van der Waals surface area contributed by atoms with Crippen LogP contribution in [0.5, 0.6) is 0 Å². The molecule has 0 aromatic carbocycles. The van der Waals surface area contributed by atoms with Gasteiger partial charge in [-0.25, -0.2) is 0 Å². The molecule has 1 amide bonds. The highest BCUT2D eigenvalue weighted by molar-refractivity contribution is 5.81. The van der Waals surface area contributed by atoms with Gasteiger partial charge in [-0.1, -0.05) is 12.8 Å². The fourth-order valence-corrected chi connectivity index (χ4v) is 2.99. The number of carbonyl (C=O) groups excluding carboxylic acids is 1. The van der Waals surface area contributed by atoms with Gasteiger partial charge in [-0.3, -0.25) is 10.1 Å². The monoisotopic (exact) mass is 194 g/mol. The van der Waals surface area contributed by atoms with Crippen molar-refractivity contribution in [1.82, 2.24) is 10.2 Å². The van der Waals surface area contributed by atoms with Crippen LogP contribution in [0.4, 0.5) is 0 Å². The molecule has 3 fully saturated rings. The molecule has 78 valence electrons. The molecule has 1 N–H and O–H groups in total. The van der Waals surface area contributed by atoms with Crippen LogP contribution in [0, 0.1) is 5.92 Å². The van der Waals surface area contributed by atoms with Crippen molar-refractivity contribution in [2.45, 2.75) is 50.7 Å². The summed E-state index contributed by atoms with van der Waals surface area (Å²) in [5.41, 5.74) is 0. The summed E-state index contributed by atoms with van der Waals surface area (Å²) < 4.78 is 0. The molecule has 0 bridgehead atoms. The van der Waals surface area contributed by atoms with Crippen molar-refractivity contribution >= 4 is 5.91 Å². The van der Waals surface area contributed by atoms with E-state index >= 15 is 0 Å². The smallest absolute Gasteiger partial charge is 0.238 e. The molecule has 1 atom stereocenters. The summed E-state index contributed by atoms with van der Waals surface area (Å²) in [6, 6.07) is 0.586. The fourth-order valence-electron chi connectivity index (χ4n) is 2.99. The molecule has 1 aliphatic heterocycles. The maximum Gasteiger partial charge on any atom is 0.238 e. The summed E-state index contributed by atoms with van der Waals surface area (Å²) >= 11 is 0. The van der Waals surface area contributed by atoms with E-state index < -0.39 is 0 Å². The molecule has 1 unspecified atom stereocenters. The standard InChI is InChI=1S/C11H18N2O/c14-10-7-12-11(8-3-1-2-4-8)13(10)9-5-6-9/h8-9,11-12H,1-7H2. The molecule has 2 saturated carbocycles. The first kappa shape index (κ1) is 8.72. The number of rotatable bonds is 2. The molecule has 0 aromatic rings. The predicted molar refractivity (Wildman–Crippen MR) is 53.6 cm³/mol. The zero-order chi connectivity index (χ0) is 9.54. The third kappa shape index (κ3) is 1.34. The van der Waals surface area contributed by atoms with Crippen LogP contribution in [-0.4, -0.2) is 29.6 Å². The number of nitrogens with zero attached hydrogens (tertiary/aromatic N) is 1. The first-order valence-corrected chi connectivity index (χ1v) is 5.91. The topological polar surface area (TPSA) is 32.3 Å². The van der Waals surface area contributed by atoms with Crippen molar-refractivity contribution in [3.8, 4) is 0 Å². The van der Waals surface area contributed by atoms with Crippen molar-refractivity contribution in [1.29, 1.82) is 0 Å². The molecule has 14 heavy (non-hydrogen) atoms. The van der Waals surface area contributed by atoms with Gasteiger partial charge in [0.2, 0.25) is 5.91 Å². The Kier molecular flexibility index (Phi) is 2.01. The maximum absolute atomic E-state index is 11.7. The van der Waals surface area contributed by atoms with Gasteiger partial charge in [0.1, 0.15) is 0 Å². The second-order valence-corrected chi connectivity index (χ2v) is 4.90. The van der Waals surface area contributed by atoms with Crippen molar-refractivity contribution in [2.24, 2.45) is 5.92 Å². The summed E-state index contributed by atoms with van der Waals surface area (Å²) in [5.74, 6) is 1.08. The van der Waals surface area contributed by atoms with Gasteiger partial charge in [-0.2, -0.15) is 0 Å². The van der Waals surface area contributed by atoms with Gasteiger partial charge < -0.3 is 4.90 Å². The Labute approximate surface area is 84.8 Å². The van der Waals surface area contributed by atoms with E-state index in [1.165, 1.54) is 38.5 Å². The summed E-state index contributed by atoms with van der Waals surface area (Å²) in [7, 11) is 0. The summed E-state index contributed by atoms with van der Waals surface area (Å²) in [4.78, 5) is 13.8. The van der Waals surface area contributed by atoms with E-state index in [0.29, 0.717) is 24.7 Å². The van der Waals surface area contributed by atoms with Crippen LogP contribution >= 0.6 is 0 Å². The van der Waals surface area contributed by atoms with E-state index in [1.807, 2.05) is 0 Å². The highest BCUT2D eigenvalue weighted by atomic mass is 16.2. The second kappa shape index (κ2) is 3.23. The molecule has 3 rings (SSSR count). The molecule has 3 nitrogen and oxygen atoms in total. The van der Waals surface area contributed by atoms with E-state index in [4.69, 9.17) is 0 Å². The first-order chi connectivity index (χ1) is 6.86. The average Bonchev–Trinajstić information content (AvgIpc) is 2.75. The van der Waals surface area contributed by atoms with Crippen molar-refractivity contribution in [3.05, 3.63) is 0 Å². The fraction of sp³-hybridized carbons (Fsp3) is 0.909. The Morgan fingerprint density at radius 1 is 1.14 bits per heavy atom. The molecule has 0 radical (unpaired) electrons. The van der Waals surface area contributed by atoms with E-state index in [2.05, 4.69) is 10.2 Å². The molecule has 2 aliphatic carbocycles. The van der Waals surface area contributed by atoms with E-state index in [1.54, 1.807) is 0 Å². The highest BCUT2D eigenvalue weighted by Crippen LogP contribution is 2.36. The third-order valence-corrected chi connectivity index (χ3v) is 3.84. The lowest BCUT2D eigenvalue weighted by Gasteiger charge is -2.29. The molecule has 0 aromatic heterocycles. The van der Waals surface area contributed by atoms with Crippen molar-refractivity contribution < 1.29 is 4.79 Å². The Morgan fingerprint density at radius 3 is 2.50 bits per heavy atom. The van der Waals surface area contributed by atoms with Crippen LogP contribution in [0.3, 0.4) is 0 Å². The Balaban J connectivity index is 1.73. The molecular weight excluding hydrogens is 176 g/mol. The van der Waals surface area contributed by atoms with Crippen molar-refractivity contribution in [2.75, 3.05) is 6.54 Å². The van der Waals surface area contributed by atoms with Crippen LogP contribution in [0.15, 0.2) is 0 Å². The minimum Gasteiger partial charge on any atom is -0.323 e. The van der Waals surface area contributed by atoms with Gasteiger partial charge in [0.05, 0.1) is 12.7 Å². The molecule has 0 spiro atoms. The van der Waals surface area contributed by atoms with Crippen LogP contribution in [0.2, 0.25) is 0 Å². The first-order valence-electron chi connectivity index (χ1n) is 5.91. The number of nitrogens with one attached hydrogen (secondary N) is 1. The average molecular weight is 194 g/mol. The predicted octanol–water partition coefficient (Wildman–Crippen LogP) is 1.10. The SMILES string of the molecule is O=C1CNC(C2CCCC2)N1C1CC1. The van der Waals surface area contributed by atoms with Gasteiger partial charge in [-0.15, -0.1) is 0 Å². The lowest BCUT2D eigenvalue weighted by molar-refractivity contribution is -0.129. The van der Waals surface area contributed by atoms with Crippen LogP contribution in [-0.2, 0) is 4.79 Å². The minimum atomic E-state index is 0.337. The number of amides is 1. The third-order valence-electron chi connectivity index (χ3n) is 3.84.